The molecule has 0 unspecified atom stereocenters. The molecule has 0 fully saturated rings. The van der Waals surface area contributed by atoms with Crippen LogP contribution in [0.25, 0.3) is 0 Å². The minimum atomic E-state index is -0.269. The summed E-state index contributed by atoms with van der Waals surface area (Å²) in [7, 11) is 0. The fourth-order valence-corrected chi connectivity index (χ4v) is 2.67. The second-order valence-corrected chi connectivity index (χ2v) is 7.92. The fourth-order valence-electron chi connectivity index (χ4n) is 2.31. The summed E-state index contributed by atoms with van der Waals surface area (Å²) in [6.45, 7) is 8.44. The van der Waals surface area contributed by atoms with E-state index in [-0.39, 0.29) is 17.9 Å². The van der Waals surface area contributed by atoms with Crippen LogP contribution in [-0.2, 0) is 0 Å². The van der Waals surface area contributed by atoms with Gasteiger partial charge in [0.1, 0.15) is 5.75 Å². The van der Waals surface area contributed by atoms with Gasteiger partial charge in [0.2, 0.25) is 0 Å². The first-order valence-electron chi connectivity index (χ1n) is 8.91. The van der Waals surface area contributed by atoms with Crippen LogP contribution >= 0.6 is 15.9 Å². The number of carbonyl (C=O) groups excluding carboxylic acids is 2. The van der Waals surface area contributed by atoms with Gasteiger partial charge in [0.05, 0.1) is 12.2 Å². The van der Waals surface area contributed by atoms with Gasteiger partial charge in [-0.05, 0) is 62.2 Å². The van der Waals surface area contributed by atoms with Crippen LogP contribution in [0.1, 0.15) is 48.4 Å². The third-order valence-corrected chi connectivity index (χ3v) is 4.08. The van der Waals surface area contributed by atoms with Gasteiger partial charge in [-0.3, -0.25) is 9.59 Å². The van der Waals surface area contributed by atoms with Crippen molar-refractivity contribution >= 4 is 33.4 Å². The molecule has 0 bridgehead atoms. The maximum absolute atomic E-state index is 12.7. The average Bonchev–Trinajstić information content (AvgIpc) is 2.60. The van der Waals surface area contributed by atoms with Crippen LogP contribution in [0.5, 0.6) is 5.75 Å². The third-order valence-electron chi connectivity index (χ3n) is 3.58. The van der Waals surface area contributed by atoms with E-state index in [1.807, 2.05) is 19.9 Å². The number of carbonyl (C=O) groups is 2. The van der Waals surface area contributed by atoms with Crippen LogP contribution < -0.4 is 15.4 Å². The van der Waals surface area contributed by atoms with E-state index in [4.69, 9.17) is 4.74 Å². The lowest BCUT2D eigenvalue weighted by molar-refractivity contribution is 0.0942. The Morgan fingerprint density at radius 1 is 1.00 bits per heavy atom. The summed E-state index contributed by atoms with van der Waals surface area (Å²) in [4.78, 5) is 24.7. The lowest BCUT2D eigenvalue weighted by Crippen LogP contribution is -2.30. The fraction of sp³-hybridized carbons (Fsp3) is 0.333. The number of ether oxygens (including phenoxy) is 1. The maximum atomic E-state index is 12.7. The molecule has 0 saturated heterocycles. The number of benzene rings is 2. The molecule has 2 N–H and O–H groups in total. The maximum Gasteiger partial charge on any atom is 0.259 e. The Bertz CT molecular complexity index is 802. The minimum Gasteiger partial charge on any atom is -0.492 e. The van der Waals surface area contributed by atoms with Crippen LogP contribution in [0.3, 0.4) is 0 Å². The van der Waals surface area contributed by atoms with Crippen molar-refractivity contribution in [2.45, 2.75) is 33.7 Å². The molecule has 6 heteroatoms. The first-order chi connectivity index (χ1) is 12.8. The second kappa shape index (κ2) is 9.55. The molecule has 2 aromatic carbocycles. The molecule has 0 radical (unpaired) electrons. The van der Waals surface area contributed by atoms with E-state index in [1.165, 1.54) is 0 Å². The molecule has 0 aliphatic rings. The minimum absolute atomic E-state index is 0.0673. The number of hydrogen-bond donors (Lipinski definition) is 2. The van der Waals surface area contributed by atoms with Crippen molar-refractivity contribution in [3.05, 3.63) is 58.1 Å². The molecule has 0 aliphatic carbocycles. The number of rotatable bonds is 7. The quantitative estimate of drug-likeness (QED) is 0.655. The van der Waals surface area contributed by atoms with E-state index >= 15 is 0 Å². The van der Waals surface area contributed by atoms with Gasteiger partial charge in [-0.15, -0.1) is 0 Å². The summed E-state index contributed by atoms with van der Waals surface area (Å²) in [5.74, 6) is 0.486. The first kappa shape index (κ1) is 21.0. The highest BCUT2D eigenvalue weighted by atomic mass is 79.9. The molecule has 2 rings (SSSR count). The zero-order chi connectivity index (χ0) is 20.0. The van der Waals surface area contributed by atoms with Crippen LogP contribution in [0.2, 0.25) is 0 Å². The molecule has 0 saturated carbocycles. The number of amides is 2. The van der Waals surface area contributed by atoms with Gasteiger partial charge in [0, 0.05) is 21.8 Å². The third kappa shape index (κ3) is 6.40. The molecular formula is C21H25BrN2O3. The first-order valence-corrected chi connectivity index (χ1v) is 9.70. The van der Waals surface area contributed by atoms with E-state index in [2.05, 4.69) is 40.4 Å². The van der Waals surface area contributed by atoms with E-state index in [0.29, 0.717) is 35.1 Å². The van der Waals surface area contributed by atoms with Gasteiger partial charge in [0.15, 0.2) is 0 Å². The summed E-state index contributed by atoms with van der Waals surface area (Å²) in [5, 5.41) is 5.68. The Morgan fingerprint density at radius 2 is 1.67 bits per heavy atom. The molecule has 144 valence electrons. The Morgan fingerprint density at radius 3 is 2.26 bits per heavy atom. The highest BCUT2D eigenvalue weighted by Crippen LogP contribution is 2.25. The summed E-state index contributed by atoms with van der Waals surface area (Å²) in [6.07, 6.45) is 0. The normalized spacial score (nSPS) is 10.8. The van der Waals surface area contributed by atoms with Crippen molar-refractivity contribution in [1.29, 1.82) is 0 Å². The van der Waals surface area contributed by atoms with Gasteiger partial charge in [0.25, 0.3) is 11.8 Å². The van der Waals surface area contributed by atoms with Gasteiger partial charge >= 0.3 is 0 Å². The molecule has 0 aliphatic heterocycles. The molecule has 0 spiro atoms. The van der Waals surface area contributed by atoms with Crippen LogP contribution in [0, 0.1) is 5.92 Å². The average molecular weight is 433 g/mol. The van der Waals surface area contributed by atoms with Gasteiger partial charge in [-0.1, -0.05) is 29.8 Å². The number of hydrogen-bond acceptors (Lipinski definition) is 3. The Hall–Kier alpha value is -2.34. The van der Waals surface area contributed by atoms with Gasteiger partial charge in [-0.2, -0.15) is 0 Å². The van der Waals surface area contributed by atoms with Crippen molar-refractivity contribution < 1.29 is 14.3 Å². The Kier molecular flexibility index (Phi) is 7.42. The summed E-state index contributed by atoms with van der Waals surface area (Å²) < 4.78 is 6.56. The number of nitrogens with one attached hydrogen (secondary N) is 2. The highest BCUT2D eigenvalue weighted by molar-refractivity contribution is 9.10. The van der Waals surface area contributed by atoms with E-state index in [0.717, 1.165) is 4.47 Å². The van der Waals surface area contributed by atoms with E-state index in [1.54, 1.807) is 36.4 Å². The molecule has 0 aromatic heterocycles. The van der Waals surface area contributed by atoms with Crippen molar-refractivity contribution in [3.8, 4) is 5.75 Å². The van der Waals surface area contributed by atoms with Crippen LogP contribution in [0.4, 0.5) is 5.69 Å². The summed E-state index contributed by atoms with van der Waals surface area (Å²) in [6, 6.07) is 12.2. The largest absolute Gasteiger partial charge is 0.492 e. The number of anilines is 1. The molecule has 5 nitrogen and oxygen atoms in total. The topological polar surface area (TPSA) is 67.4 Å². The molecule has 0 atom stereocenters. The summed E-state index contributed by atoms with van der Waals surface area (Å²) in [5.41, 5.74) is 1.60. The highest BCUT2D eigenvalue weighted by Gasteiger charge is 2.15. The molecule has 27 heavy (non-hydrogen) atoms. The molecular weight excluding hydrogens is 408 g/mol. The van der Waals surface area contributed by atoms with Gasteiger partial charge in [-0.25, -0.2) is 0 Å². The van der Waals surface area contributed by atoms with Crippen LogP contribution in [0.15, 0.2) is 46.9 Å². The Balaban J connectivity index is 2.12. The van der Waals surface area contributed by atoms with E-state index in [9.17, 15) is 9.59 Å². The zero-order valence-corrected chi connectivity index (χ0v) is 17.6. The summed E-state index contributed by atoms with van der Waals surface area (Å²) >= 11 is 3.40. The van der Waals surface area contributed by atoms with Crippen molar-refractivity contribution in [1.82, 2.24) is 5.32 Å². The lowest BCUT2D eigenvalue weighted by Gasteiger charge is -2.14. The van der Waals surface area contributed by atoms with Crippen LogP contribution in [-0.4, -0.2) is 24.5 Å². The zero-order valence-electron chi connectivity index (χ0n) is 16.0. The lowest BCUT2D eigenvalue weighted by atomic mass is 10.1. The number of halogens is 1. The predicted octanol–water partition coefficient (Wildman–Crippen LogP) is 4.87. The molecule has 0 heterocycles. The SMILES string of the molecule is CC(C)COc1ccc(Br)cc1C(=O)Nc1ccc(C(=O)NC(C)C)cc1. The van der Waals surface area contributed by atoms with Crippen molar-refractivity contribution in [2.75, 3.05) is 11.9 Å². The molecule has 2 amide bonds. The van der Waals surface area contributed by atoms with Crippen molar-refractivity contribution in [2.24, 2.45) is 5.92 Å². The molecule has 2 aromatic rings. The van der Waals surface area contributed by atoms with E-state index < -0.39 is 0 Å². The second-order valence-electron chi connectivity index (χ2n) is 7.00. The van der Waals surface area contributed by atoms with Gasteiger partial charge < -0.3 is 15.4 Å². The monoisotopic (exact) mass is 432 g/mol. The standard InChI is InChI=1S/C21H25BrN2O3/c1-13(2)12-27-19-10-7-16(22)11-18(19)21(26)24-17-8-5-15(6-9-17)20(25)23-14(3)4/h5-11,13-14H,12H2,1-4H3,(H,23,25)(H,24,26). The smallest absolute Gasteiger partial charge is 0.259 e. The predicted molar refractivity (Wildman–Crippen MR) is 111 cm³/mol. The Labute approximate surface area is 168 Å². The van der Waals surface area contributed by atoms with Crippen molar-refractivity contribution in [3.63, 3.8) is 0 Å².